The van der Waals surface area contributed by atoms with Gasteiger partial charge in [-0.2, -0.15) is 0 Å². The van der Waals surface area contributed by atoms with E-state index in [9.17, 15) is 9.59 Å². The molecule has 0 N–H and O–H groups in total. The maximum Gasteiger partial charge on any atom is 0.338 e. The molecular formula is C23H27NO3. The lowest BCUT2D eigenvalue weighted by Gasteiger charge is -2.24. The molecule has 0 spiro atoms. The highest BCUT2D eigenvalue weighted by atomic mass is 16.5. The highest BCUT2D eigenvalue weighted by molar-refractivity contribution is 5.92. The van der Waals surface area contributed by atoms with Crippen molar-refractivity contribution in [1.29, 1.82) is 0 Å². The van der Waals surface area contributed by atoms with Crippen molar-refractivity contribution in [3.63, 3.8) is 0 Å². The summed E-state index contributed by atoms with van der Waals surface area (Å²) in [7, 11) is 0. The molecule has 0 saturated heterocycles. The minimum Gasteiger partial charge on any atom is -0.462 e. The number of esters is 1. The Morgan fingerprint density at radius 3 is 2.59 bits per heavy atom. The van der Waals surface area contributed by atoms with Gasteiger partial charge in [0.05, 0.1) is 18.7 Å². The van der Waals surface area contributed by atoms with E-state index in [1.807, 2.05) is 41.3 Å². The molecule has 27 heavy (non-hydrogen) atoms. The summed E-state index contributed by atoms with van der Waals surface area (Å²) < 4.78 is 5.35. The lowest BCUT2D eigenvalue weighted by Crippen LogP contribution is -2.29. The van der Waals surface area contributed by atoms with E-state index in [-0.39, 0.29) is 11.9 Å². The van der Waals surface area contributed by atoms with Crippen LogP contribution in [0.15, 0.2) is 42.5 Å². The van der Waals surface area contributed by atoms with Crippen LogP contribution in [-0.2, 0) is 28.9 Å². The maximum absolute atomic E-state index is 12.3. The Morgan fingerprint density at radius 2 is 1.81 bits per heavy atom. The zero-order valence-corrected chi connectivity index (χ0v) is 16.2. The third-order valence-electron chi connectivity index (χ3n) is 5.06. The Balaban J connectivity index is 1.89. The predicted octanol–water partition coefficient (Wildman–Crippen LogP) is 4.69. The second-order valence-electron chi connectivity index (χ2n) is 7.06. The number of para-hydroxylation sites is 1. The van der Waals surface area contributed by atoms with Crippen molar-refractivity contribution in [2.45, 2.75) is 52.5 Å². The largest absolute Gasteiger partial charge is 0.462 e. The second kappa shape index (κ2) is 8.85. The molecule has 4 nitrogen and oxygen atoms in total. The van der Waals surface area contributed by atoms with Crippen LogP contribution in [-0.4, -0.2) is 18.5 Å². The predicted molar refractivity (Wildman–Crippen MR) is 107 cm³/mol. The molecule has 0 radical (unpaired) electrons. The average molecular weight is 365 g/mol. The van der Waals surface area contributed by atoms with Gasteiger partial charge in [0.25, 0.3) is 0 Å². The van der Waals surface area contributed by atoms with E-state index in [0.29, 0.717) is 18.7 Å². The zero-order chi connectivity index (χ0) is 19.2. The van der Waals surface area contributed by atoms with Crippen molar-refractivity contribution in [2.75, 3.05) is 11.5 Å². The summed E-state index contributed by atoms with van der Waals surface area (Å²) in [6.07, 6.45) is 4.64. The van der Waals surface area contributed by atoms with Crippen LogP contribution < -0.4 is 4.90 Å². The molecule has 0 unspecified atom stereocenters. The molecule has 4 heteroatoms. The number of carbonyl (C=O) groups is 2. The Bertz CT molecular complexity index is 828. The number of hydrogen-bond acceptors (Lipinski definition) is 3. The average Bonchev–Trinajstić information content (AvgIpc) is 2.74. The molecule has 1 heterocycles. The molecule has 1 amide bonds. The van der Waals surface area contributed by atoms with Crippen LogP contribution in [0.5, 0.6) is 0 Å². The fraction of sp³-hybridized carbons (Fsp3) is 0.391. The first-order valence-electron chi connectivity index (χ1n) is 9.75. The van der Waals surface area contributed by atoms with Crippen LogP contribution in [0.3, 0.4) is 0 Å². The zero-order valence-electron chi connectivity index (χ0n) is 16.2. The number of ether oxygens (including phenoxy) is 1. The normalized spacial score (nSPS) is 13.6. The summed E-state index contributed by atoms with van der Waals surface area (Å²) in [4.78, 5) is 26.4. The number of benzene rings is 2. The van der Waals surface area contributed by atoms with Crippen LogP contribution in [0.1, 0.15) is 60.2 Å². The fourth-order valence-corrected chi connectivity index (χ4v) is 3.52. The van der Waals surface area contributed by atoms with Crippen molar-refractivity contribution in [2.24, 2.45) is 0 Å². The lowest BCUT2D eigenvalue weighted by molar-refractivity contribution is -0.116. The molecule has 0 saturated carbocycles. The number of amides is 1. The molecule has 3 rings (SSSR count). The molecule has 142 valence electrons. The van der Waals surface area contributed by atoms with Crippen molar-refractivity contribution in [3.05, 3.63) is 64.7 Å². The topological polar surface area (TPSA) is 46.6 Å². The maximum atomic E-state index is 12.3. The highest BCUT2D eigenvalue weighted by Gasteiger charge is 2.20. The Kier molecular flexibility index (Phi) is 6.28. The van der Waals surface area contributed by atoms with Gasteiger partial charge < -0.3 is 9.64 Å². The number of hydrogen-bond donors (Lipinski definition) is 0. The first kappa shape index (κ1) is 19.2. The van der Waals surface area contributed by atoms with Gasteiger partial charge in [-0.3, -0.25) is 4.79 Å². The first-order valence-corrected chi connectivity index (χ1v) is 9.75. The second-order valence-corrected chi connectivity index (χ2v) is 7.06. The number of carbonyl (C=O) groups excluding carboxylic acids is 2. The van der Waals surface area contributed by atoms with E-state index in [1.54, 1.807) is 6.92 Å². The molecule has 2 aromatic carbocycles. The van der Waals surface area contributed by atoms with Gasteiger partial charge in [0.15, 0.2) is 0 Å². The van der Waals surface area contributed by atoms with Gasteiger partial charge in [0, 0.05) is 12.6 Å². The van der Waals surface area contributed by atoms with Gasteiger partial charge in [-0.05, 0) is 60.6 Å². The molecule has 0 fully saturated rings. The van der Waals surface area contributed by atoms with E-state index in [0.717, 1.165) is 48.9 Å². The molecular weight excluding hydrogens is 338 g/mol. The third kappa shape index (κ3) is 4.57. The standard InChI is InChI=1S/C23H27NO3/c1-3-4-14-27-23(26)20-12-13-21-16-24(17(2)25)22-11-6-5-8-18(22)9-7-10-19(21)15-20/h5-6,8,11-13,15H,3-4,7,9-10,14,16H2,1-2H3. The summed E-state index contributed by atoms with van der Waals surface area (Å²) in [5.74, 6) is -0.240. The van der Waals surface area contributed by atoms with E-state index < -0.39 is 0 Å². The van der Waals surface area contributed by atoms with Crippen LogP contribution in [0.25, 0.3) is 0 Å². The lowest BCUT2D eigenvalue weighted by atomic mass is 9.98. The molecule has 0 bridgehead atoms. The van der Waals surface area contributed by atoms with Gasteiger partial charge in [-0.25, -0.2) is 4.79 Å². The van der Waals surface area contributed by atoms with Gasteiger partial charge in [0.1, 0.15) is 0 Å². The number of nitrogens with zero attached hydrogens (tertiary/aromatic N) is 1. The van der Waals surface area contributed by atoms with E-state index in [4.69, 9.17) is 4.74 Å². The molecule has 2 aromatic rings. The summed E-state index contributed by atoms with van der Waals surface area (Å²) in [6.45, 7) is 4.65. The number of aryl methyl sites for hydroxylation is 2. The van der Waals surface area contributed by atoms with Gasteiger partial charge in [-0.1, -0.05) is 37.6 Å². The van der Waals surface area contributed by atoms with Crippen molar-refractivity contribution < 1.29 is 14.3 Å². The first-order chi connectivity index (χ1) is 13.1. The molecule has 0 aliphatic carbocycles. The van der Waals surface area contributed by atoms with E-state index >= 15 is 0 Å². The van der Waals surface area contributed by atoms with Crippen LogP contribution in [0.4, 0.5) is 5.69 Å². The molecule has 0 aromatic heterocycles. The summed E-state index contributed by atoms with van der Waals surface area (Å²) in [6, 6.07) is 13.8. The van der Waals surface area contributed by atoms with Gasteiger partial charge >= 0.3 is 5.97 Å². The van der Waals surface area contributed by atoms with Crippen molar-refractivity contribution in [3.8, 4) is 0 Å². The van der Waals surface area contributed by atoms with E-state index in [2.05, 4.69) is 13.0 Å². The van der Waals surface area contributed by atoms with E-state index in [1.165, 1.54) is 5.56 Å². The summed E-state index contributed by atoms with van der Waals surface area (Å²) in [5.41, 5.74) is 4.99. The minimum atomic E-state index is -0.266. The van der Waals surface area contributed by atoms with Gasteiger partial charge in [0.2, 0.25) is 5.91 Å². The summed E-state index contributed by atoms with van der Waals surface area (Å²) in [5, 5.41) is 0. The molecule has 1 aliphatic heterocycles. The summed E-state index contributed by atoms with van der Waals surface area (Å²) >= 11 is 0. The number of fused-ring (bicyclic) bond motifs is 2. The third-order valence-corrected chi connectivity index (χ3v) is 5.06. The minimum absolute atomic E-state index is 0.0263. The molecule has 0 atom stereocenters. The van der Waals surface area contributed by atoms with Gasteiger partial charge in [-0.15, -0.1) is 0 Å². The Hall–Kier alpha value is -2.62. The van der Waals surface area contributed by atoms with Crippen molar-refractivity contribution in [1.82, 2.24) is 0 Å². The molecule has 1 aliphatic rings. The smallest absolute Gasteiger partial charge is 0.338 e. The Morgan fingerprint density at radius 1 is 1.04 bits per heavy atom. The van der Waals surface area contributed by atoms with Crippen LogP contribution >= 0.6 is 0 Å². The Labute approximate surface area is 161 Å². The number of unbranched alkanes of at least 4 members (excludes halogenated alkanes) is 1. The SMILES string of the molecule is CCCCOC(=O)c1ccc2c(c1)CCCc1ccccc1N(C(C)=O)C2. The number of anilines is 1. The number of rotatable bonds is 4. The van der Waals surface area contributed by atoms with Crippen LogP contribution in [0, 0.1) is 0 Å². The highest BCUT2D eigenvalue weighted by Crippen LogP contribution is 2.28. The quantitative estimate of drug-likeness (QED) is 0.583. The van der Waals surface area contributed by atoms with Crippen molar-refractivity contribution >= 4 is 17.6 Å². The van der Waals surface area contributed by atoms with Crippen LogP contribution in [0.2, 0.25) is 0 Å². The monoisotopic (exact) mass is 365 g/mol. The fourth-order valence-electron chi connectivity index (χ4n) is 3.52.